The molecule has 8 heteroatoms. The molecule has 0 unspecified atom stereocenters. The van der Waals surface area contributed by atoms with E-state index in [0.717, 1.165) is 22.8 Å². The highest BCUT2D eigenvalue weighted by Gasteiger charge is 2.19. The van der Waals surface area contributed by atoms with E-state index in [-0.39, 0.29) is 13.2 Å². The highest BCUT2D eigenvalue weighted by Crippen LogP contribution is 2.16. The van der Waals surface area contributed by atoms with Gasteiger partial charge in [-0.1, -0.05) is 6.07 Å². The standard InChI is InChI=1S/C13H15FN2O3S2/c1-9-8-20-13(16-9)4-5-15-21(18,19)12-6-10(7-17)2-3-11(12)14/h2-3,6,8,15,17H,4-5,7H2,1H3. The van der Waals surface area contributed by atoms with Crippen molar-refractivity contribution < 1.29 is 17.9 Å². The molecule has 1 aromatic heterocycles. The number of aromatic nitrogens is 1. The summed E-state index contributed by atoms with van der Waals surface area (Å²) in [6.07, 6.45) is 0.443. The number of thiazole rings is 1. The molecule has 0 aliphatic heterocycles. The van der Waals surface area contributed by atoms with Crippen molar-refractivity contribution in [2.75, 3.05) is 6.54 Å². The van der Waals surface area contributed by atoms with E-state index < -0.39 is 20.7 Å². The number of nitrogens with one attached hydrogen (secondary N) is 1. The Hall–Kier alpha value is -1.35. The normalized spacial score (nSPS) is 11.8. The van der Waals surface area contributed by atoms with Crippen molar-refractivity contribution in [1.29, 1.82) is 0 Å². The Morgan fingerprint density at radius 2 is 2.19 bits per heavy atom. The van der Waals surface area contributed by atoms with Crippen LogP contribution in [0.2, 0.25) is 0 Å². The van der Waals surface area contributed by atoms with Crippen LogP contribution in [0.1, 0.15) is 16.3 Å². The summed E-state index contributed by atoms with van der Waals surface area (Å²) in [5.74, 6) is -0.843. The maximum atomic E-state index is 13.6. The summed E-state index contributed by atoms with van der Waals surface area (Å²) in [4.78, 5) is 3.77. The Morgan fingerprint density at radius 1 is 1.43 bits per heavy atom. The monoisotopic (exact) mass is 330 g/mol. The summed E-state index contributed by atoms with van der Waals surface area (Å²) in [6, 6.07) is 3.50. The van der Waals surface area contributed by atoms with Crippen LogP contribution in [-0.4, -0.2) is 25.1 Å². The number of sulfonamides is 1. The lowest BCUT2D eigenvalue weighted by molar-refractivity contribution is 0.281. The molecule has 0 aliphatic carbocycles. The molecule has 2 aromatic rings. The molecule has 0 fully saturated rings. The maximum Gasteiger partial charge on any atom is 0.243 e. The van der Waals surface area contributed by atoms with Crippen LogP contribution in [0.3, 0.4) is 0 Å². The van der Waals surface area contributed by atoms with Crippen molar-refractivity contribution in [1.82, 2.24) is 9.71 Å². The molecular formula is C13H15FN2O3S2. The van der Waals surface area contributed by atoms with E-state index in [9.17, 15) is 12.8 Å². The van der Waals surface area contributed by atoms with E-state index in [4.69, 9.17) is 5.11 Å². The molecule has 0 amide bonds. The Balaban J connectivity index is 2.07. The molecule has 2 N–H and O–H groups in total. The van der Waals surface area contributed by atoms with Crippen molar-refractivity contribution in [2.45, 2.75) is 24.8 Å². The van der Waals surface area contributed by atoms with Crippen molar-refractivity contribution >= 4 is 21.4 Å². The molecule has 0 bridgehead atoms. The summed E-state index contributed by atoms with van der Waals surface area (Å²) in [5, 5.41) is 11.7. The zero-order valence-electron chi connectivity index (χ0n) is 11.3. The summed E-state index contributed by atoms with van der Waals surface area (Å²) in [6.45, 7) is 1.65. The van der Waals surface area contributed by atoms with Gasteiger partial charge < -0.3 is 5.11 Å². The first-order valence-electron chi connectivity index (χ1n) is 6.22. The van der Waals surface area contributed by atoms with Crippen LogP contribution in [0.25, 0.3) is 0 Å². The van der Waals surface area contributed by atoms with Crippen LogP contribution >= 0.6 is 11.3 Å². The molecule has 114 valence electrons. The van der Waals surface area contributed by atoms with Gasteiger partial charge in [0.2, 0.25) is 10.0 Å². The van der Waals surface area contributed by atoms with Crippen molar-refractivity contribution in [3.63, 3.8) is 0 Å². The lowest BCUT2D eigenvalue weighted by Gasteiger charge is -2.08. The smallest absolute Gasteiger partial charge is 0.243 e. The van der Waals surface area contributed by atoms with Gasteiger partial charge in [0.05, 0.1) is 11.6 Å². The topological polar surface area (TPSA) is 79.3 Å². The SMILES string of the molecule is Cc1csc(CCNS(=O)(=O)c2cc(CO)ccc2F)n1. The first-order chi connectivity index (χ1) is 9.92. The lowest BCUT2D eigenvalue weighted by atomic mass is 10.2. The summed E-state index contributed by atoms with van der Waals surface area (Å²) < 4.78 is 40.1. The summed E-state index contributed by atoms with van der Waals surface area (Å²) >= 11 is 1.45. The summed E-state index contributed by atoms with van der Waals surface area (Å²) in [5.41, 5.74) is 1.23. The first-order valence-corrected chi connectivity index (χ1v) is 8.58. The second-order valence-corrected chi connectivity index (χ2v) is 7.13. The molecule has 2 rings (SSSR count). The third-order valence-electron chi connectivity index (χ3n) is 2.77. The summed E-state index contributed by atoms with van der Waals surface area (Å²) in [7, 11) is -3.95. The predicted octanol–water partition coefficient (Wildman–Crippen LogP) is 1.60. The third kappa shape index (κ3) is 4.07. The number of hydrogen-bond acceptors (Lipinski definition) is 5. The third-order valence-corrected chi connectivity index (χ3v) is 5.27. The van der Waals surface area contributed by atoms with Crippen LogP contribution in [-0.2, 0) is 23.1 Å². The van der Waals surface area contributed by atoms with Gasteiger partial charge in [0, 0.05) is 24.0 Å². The van der Waals surface area contributed by atoms with E-state index in [1.807, 2.05) is 12.3 Å². The van der Waals surface area contributed by atoms with Gasteiger partial charge >= 0.3 is 0 Å². The highest BCUT2D eigenvalue weighted by molar-refractivity contribution is 7.89. The van der Waals surface area contributed by atoms with Crippen molar-refractivity contribution in [3.8, 4) is 0 Å². The highest BCUT2D eigenvalue weighted by atomic mass is 32.2. The largest absolute Gasteiger partial charge is 0.392 e. The molecule has 1 heterocycles. The van der Waals surface area contributed by atoms with E-state index in [2.05, 4.69) is 9.71 Å². The number of aryl methyl sites for hydroxylation is 1. The average Bonchev–Trinajstić information content (AvgIpc) is 2.84. The fourth-order valence-electron chi connectivity index (χ4n) is 1.74. The fraction of sp³-hybridized carbons (Fsp3) is 0.308. The molecular weight excluding hydrogens is 315 g/mol. The number of aliphatic hydroxyl groups is 1. The van der Waals surface area contributed by atoms with E-state index >= 15 is 0 Å². The van der Waals surface area contributed by atoms with Crippen molar-refractivity contribution in [2.24, 2.45) is 0 Å². The van der Waals surface area contributed by atoms with Gasteiger partial charge in [0.15, 0.2) is 0 Å². The van der Waals surface area contributed by atoms with Gasteiger partial charge in [-0.05, 0) is 24.6 Å². The van der Waals surface area contributed by atoms with E-state index in [1.54, 1.807) is 0 Å². The second kappa shape index (κ2) is 6.61. The minimum absolute atomic E-state index is 0.137. The van der Waals surface area contributed by atoms with Gasteiger partial charge in [-0.15, -0.1) is 11.3 Å². The molecule has 0 atom stereocenters. The van der Waals surface area contributed by atoms with Gasteiger partial charge in [-0.25, -0.2) is 22.5 Å². The predicted molar refractivity (Wildman–Crippen MR) is 78.1 cm³/mol. The van der Waals surface area contributed by atoms with Gasteiger partial charge in [-0.3, -0.25) is 0 Å². The molecule has 0 saturated carbocycles. The van der Waals surface area contributed by atoms with Crippen LogP contribution in [0.15, 0.2) is 28.5 Å². The number of halogens is 1. The first kappa shape index (κ1) is 16.0. The minimum atomic E-state index is -3.95. The second-order valence-electron chi connectivity index (χ2n) is 4.45. The van der Waals surface area contributed by atoms with E-state index in [0.29, 0.717) is 12.0 Å². The Bertz CT molecular complexity index is 729. The van der Waals surface area contributed by atoms with Gasteiger partial charge in [-0.2, -0.15) is 0 Å². The number of rotatable bonds is 6. The molecule has 21 heavy (non-hydrogen) atoms. The lowest BCUT2D eigenvalue weighted by Crippen LogP contribution is -2.27. The average molecular weight is 330 g/mol. The molecule has 0 radical (unpaired) electrons. The molecule has 0 aliphatic rings. The quantitative estimate of drug-likeness (QED) is 0.843. The van der Waals surface area contributed by atoms with Crippen molar-refractivity contribution in [3.05, 3.63) is 45.7 Å². The number of aliphatic hydroxyl groups excluding tert-OH is 1. The zero-order valence-corrected chi connectivity index (χ0v) is 13.0. The van der Waals surface area contributed by atoms with Crippen LogP contribution < -0.4 is 4.72 Å². The molecule has 0 saturated heterocycles. The zero-order chi connectivity index (χ0) is 15.5. The minimum Gasteiger partial charge on any atom is -0.392 e. The van der Waals surface area contributed by atoms with Crippen LogP contribution in [0.5, 0.6) is 0 Å². The van der Waals surface area contributed by atoms with Crippen LogP contribution in [0, 0.1) is 12.7 Å². The Morgan fingerprint density at radius 3 is 2.81 bits per heavy atom. The number of nitrogens with zero attached hydrogens (tertiary/aromatic N) is 1. The molecule has 0 spiro atoms. The van der Waals surface area contributed by atoms with E-state index in [1.165, 1.54) is 17.4 Å². The Labute approximate surface area is 126 Å². The van der Waals surface area contributed by atoms with Crippen LogP contribution in [0.4, 0.5) is 4.39 Å². The molecule has 1 aromatic carbocycles. The Kier molecular flexibility index (Phi) is 5.04. The number of benzene rings is 1. The van der Waals surface area contributed by atoms with Gasteiger partial charge in [0.1, 0.15) is 10.7 Å². The number of hydrogen-bond donors (Lipinski definition) is 2. The fourth-order valence-corrected chi connectivity index (χ4v) is 3.67. The molecule has 5 nitrogen and oxygen atoms in total. The maximum absolute atomic E-state index is 13.6. The van der Waals surface area contributed by atoms with Gasteiger partial charge in [0.25, 0.3) is 0 Å².